The van der Waals surface area contributed by atoms with Crippen LogP contribution >= 0.6 is 0 Å². The first-order valence-electron chi connectivity index (χ1n) is 6.71. The van der Waals surface area contributed by atoms with Crippen molar-refractivity contribution in [3.63, 3.8) is 0 Å². The maximum atomic E-state index is 12.8. The average molecular weight is 282 g/mol. The van der Waals surface area contributed by atoms with Crippen LogP contribution in [0.2, 0.25) is 0 Å². The van der Waals surface area contributed by atoms with Gasteiger partial charge in [0, 0.05) is 6.54 Å². The first kappa shape index (κ1) is 16.4. The molecule has 1 unspecified atom stereocenters. The lowest BCUT2D eigenvalue weighted by atomic mass is 9.99. The number of carbonyl (C=O) groups is 1. The van der Waals surface area contributed by atoms with Gasteiger partial charge in [-0.15, -0.1) is 0 Å². The summed E-state index contributed by atoms with van der Waals surface area (Å²) in [6.45, 7) is 6.30. The van der Waals surface area contributed by atoms with E-state index in [1.165, 1.54) is 12.1 Å². The highest BCUT2D eigenvalue weighted by Crippen LogP contribution is 2.10. The summed E-state index contributed by atoms with van der Waals surface area (Å²) < 4.78 is 18.0. The molecule has 0 radical (unpaired) electrons. The molecule has 4 nitrogen and oxygen atoms in total. The molecular formula is C15H23FN2O2. The summed E-state index contributed by atoms with van der Waals surface area (Å²) >= 11 is 0. The predicted molar refractivity (Wildman–Crippen MR) is 76.9 cm³/mol. The van der Waals surface area contributed by atoms with Gasteiger partial charge >= 0.3 is 6.09 Å². The number of alkyl carbamates (subject to hydrolysis) is 1. The zero-order valence-corrected chi connectivity index (χ0v) is 12.3. The van der Waals surface area contributed by atoms with E-state index >= 15 is 0 Å². The molecule has 5 heteroatoms. The van der Waals surface area contributed by atoms with Gasteiger partial charge in [0.15, 0.2) is 0 Å². The summed E-state index contributed by atoms with van der Waals surface area (Å²) in [5.41, 5.74) is 6.18. The third-order valence-electron chi connectivity index (χ3n) is 2.70. The Hall–Kier alpha value is -1.62. The molecule has 0 aliphatic rings. The normalized spacial score (nSPS) is 12.8. The summed E-state index contributed by atoms with van der Waals surface area (Å²) in [4.78, 5) is 11.6. The van der Waals surface area contributed by atoms with E-state index in [0.717, 1.165) is 5.56 Å². The topological polar surface area (TPSA) is 64.3 Å². The van der Waals surface area contributed by atoms with Crippen molar-refractivity contribution in [2.24, 2.45) is 11.7 Å². The molecule has 1 amide bonds. The lowest BCUT2D eigenvalue weighted by Crippen LogP contribution is -2.37. The number of amides is 1. The van der Waals surface area contributed by atoms with Crippen LogP contribution in [0, 0.1) is 11.7 Å². The third kappa shape index (κ3) is 6.52. The van der Waals surface area contributed by atoms with E-state index in [1.807, 2.05) is 20.8 Å². The van der Waals surface area contributed by atoms with Gasteiger partial charge in [-0.2, -0.15) is 0 Å². The second-order valence-corrected chi connectivity index (χ2v) is 5.82. The van der Waals surface area contributed by atoms with Crippen LogP contribution in [-0.2, 0) is 11.2 Å². The molecule has 3 N–H and O–H groups in total. The van der Waals surface area contributed by atoms with Crippen LogP contribution in [0.25, 0.3) is 0 Å². The van der Waals surface area contributed by atoms with Crippen molar-refractivity contribution in [3.8, 4) is 0 Å². The van der Waals surface area contributed by atoms with Crippen LogP contribution in [0.1, 0.15) is 26.3 Å². The van der Waals surface area contributed by atoms with Gasteiger partial charge in [-0.3, -0.25) is 0 Å². The molecule has 112 valence electrons. The molecule has 0 aromatic heterocycles. The Morgan fingerprint density at radius 3 is 2.45 bits per heavy atom. The lowest BCUT2D eigenvalue weighted by Gasteiger charge is -2.21. The number of nitrogens with one attached hydrogen (secondary N) is 1. The van der Waals surface area contributed by atoms with Crippen molar-refractivity contribution < 1.29 is 13.9 Å². The number of hydrogen-bond acceptors (Lipinski definition) is 3. The van der Waals surface area contributed by atoms with Gasteiger partial charge in [-0.25, -0.2) is 9.18 Å². The molecule has 0 aliphatic heterocycles. The minimum absolute atomic E-state index is 0.0907. The van der Waals surface area contributed by atoms with Crippen molar-refractivity contribution in [3.05, 3.63) is 35.6 Å². The molecule has 0 heterocycles. The number of ether oxygens (including phenoxy) is 1. The molecule has 1 rings (SSSR count). The molecule has 1 aromatic carbocycles. The number of hydrogen-bond donors (Lipinski definition) is 2. The molecule has 20 heavy (non-hydrogen) atoms. The number of nitrogens with two attached hydrogens (primary N) is 1. The first-order valence-corrected chi connectivity index (χ1v) is 6.71. The van der Waals surface area contributed by atoms with Crippen LogP contribution in [0.15, 0.2) is 24.3 Å². The van der Waals surface area contributed by atoms with Gasteiger partial charge in [-0.1, -0.05) is 12.1 Å². The van der Waals surface area contributed by atoms with Gasteiger partial charge in [0.1, 0.15) is 11.4 Å². The number of rotatable bonds is 5. The molecule has 0 saturated heterocycles. The Morgan fingerprint density at radius 1 is 1.35 bits per heavy atom. The van der Waals surface area contributed by atoms with Crippen molar-refractivity contribution in [1.82, 2.24) is 5.32 Å². The Kier molecular flexibility index (Phi) is 5.95. The van der Waals surface area contributed by atoms with E-state index in [0.29, 0.717) is 19.5 Å². The van der Waals surface area contributed by atoms with Crippen LogP contribution in [0.4, 0.5) is 9.18 Å². The molecule has 1 atom stereocenters. The molecule has 0 saturated carbocycles. The van der Waals surface area contributed by atoms with Gasteiger partial charge < -0.3 is 15.8 Å². The van der Waals surface area contributed by atoms with E-state index in [1.54, 1.807) is 12.1 Å². The van der Waals surface area contributed by atoms with Crippen molar-refractivity contribution in [2.45, 2.75) is 32.8 Å². The van der Waals surface area contributed by atoms with E-state index in [4.69, 9.17) is 10.5 Å². The standard InChI is InChI=1S/C15H23FN2O2/c1-15(2,3)20-14(19)18-10-12(9-17)8-11-4-6-13(16)7-5-11/h4-7,12H,8-10,17H2,1-3H3,(H,18,19). The highest BCUT2D eigenvalue weighted by Gasteiger charge is 2.17. The first-order chi connectivity index (χ1) is 9.30. The Bertz CT molecular complexity index is 426. The fourth-order valence-electron chi connectivity index (χ4n) is 1.73. The van der Waals surface area contributed by atoms with Crippen molar-refractivity contribution in [1.29, 1.82) is 0 Å². The minimum atomic E-state index is -0.515. The van der Waals surface area contributed by atoms with Gasteiger partial charge in [0.25, 0.3) is 0 Å². The average Bonchev–Trinajstić information content (AvgIpc) is 2.34. The molecule has 0 spiro atoms. The second kappa shape index (κ2) is 7.24. The Labute approximate surface area is 119 Å². The van der Waals surface area contributed by atoms with E-state index < -0.39 is 11.7 Å². The van der Waals surface area contributed by atoms with Crippen molar-refractivity contribution >= 4 is 6.09 Å². The maximum Gasteiger partial charge on any atom is 0.407 e. The van der Waals surface area contributed by atoms with Gasteiger partial charge in [-0.05, 0) is 57.4 Å². The molecular weight excluding hydrogens is 259 g/mol. The number of halogens is 1. The molecule has 0 fully saturated rings. The number of carbonyl (C=O) groups excluding carboxylic acids is 1. The summed E-state index contributed by atoms with van der Waals surface area (Å²) in [5, 5.41) is 2.71. The van der Waals surface area contributed by atoms with Gasteiger partial charge in [0.05, 0.1) is 0 Å². The summed E-state index contributed by atoms with van der Waals surface area (Å²) in [6.07, 6.45) is 0.238. The van der Waals surface area contributed by atoms with Crippen LogP contribution in [0.5, 0.6) is 0 Å². The summed E-state index contributed by atoms with van der Waals surface area (Å²) in [7, 11) is 0. The van der Waals surface area contributed by atoms with E-state index in [-0.39, 0.29) is 11.7 Å². The molecule has 0 aliphatic carbocycles. The van der Waals surface area contributed by atoms with Crippen LogP contribution < -0.4 is 11.1 Å². The third-order valence-corrected chi connectivity index (χ3v) is 2.70. The van der Waals surface area contributed by atoms with E-state index in [2.05, 4.69) is 5.32 Å². The highest BCUT2D eigenvalue weighted by atomic mass is 19.1. The summed E-state index contributed by atoms with van der Waals surface area (Å²) in [5.74, 6) is -0.169. The Morgan fingerprint density at radius 2 is 1.95 bits per heavy atom. The van der Waals surface area contributed by atoms with Crippen LogP contribution in [-0.4, -0.2) is 24.8 Å². The van der Waals surface area contributed by atoms with E-state index in [9.17, 15) is 9.18 Å². The fourth-order valence-corrected chi connectivity index (χ4v) is 1.73. The van der Waals surface area contributed by atoms with Crippen LogP contribution in [0.3, 0.4) is 0 Å². The lowest BCUT2D eigenvalue weighted by molar-refractivity contribution is 0.0520. The minimum Gasteiger partial charge on any atom is -0.444 e. The smallest absolute Gasteiger partial charge is 0.407 e. The number of benzene rings is 1. The van der Waals surface area contributed by atoms with Gasteiger partial charge in [0.2, 0.25) is 0 Å². The molecule has 0 bridgehead atoms. The SMILES string of the molecule is CC(C)(C)OC(=O)NCC(CN)Cc1ccc(F)cc1. The fraction of sp³-hybridized carbons (Fsp3) is 0.533. The quantitative estimate of drug-likeness (QED) is 0.872. The van der Waals surface area contributed by atoms with Crippen molar-refractivity contribution in [2.75, 3.05) is 13.1 Å². The second-order valence-electron chi connectivity index (χ2n) is 5.82. The largest absolute Gasteiger partial charge is 0.444 e. The zero-order chi connectivity index (χ0) is 15.2. The predicted octanol–water partition coefficient (Wildman–Crippen LogP) is 2.47. The summed E-state index contributed by atoms with van der Waals surface area (Å²) in [6, 6.07) is 6.30. The maximum absolute atomic E-state index is 12.8. The highest BCUT2D eigenvalue weighted by molar-refractivity contribution is 5.67. The molecule has 1 aromatic rings. The zero-order valence-electron chi connectivity index (χ0n) is 12.3. The monoisotopic (exact) mass is 282 g/mol. The Balaban J connectivity index is 2.43.